The molecule has 0 aromatic heterocycles. The fourth-order valence-electron chi connectivity index (χ4n) is 2.59. The third kappa shape index (κ3) is 5.38. The number of aliphatic carboxylic acids is 1. The average Bonchev–Trinajstić information content (AvgIpc) is 2.37. The molecule has 1 atom stereocenters. The van der Waals surface area contributed by atoms with Gasteiger partial charge in [-0.25, -0.2) is 0 Å². The Balaban J connectivity index is 2.92. The number of nitrogens with zero attached hydrogens (tertiary/aromatic N) is 2. The quantitative estimate of drug-likeness (QED) is 0.800. The first-order valence-electron chi connectivity index (χ1n) is 7.51. The molecule has 1 N–H and O–H groups in total. The van der Waals surface area contributed by atoms with Crippen molar-refractivity contribution in [3.8, 4) is 0 Å². The summed E-state index contributed by atoms with van der Waals surface area (Å²) in [7, 11) is 4.12. The first-order chi connectivity index (χ1) is 9.82. The zero-order valence-electron chi connectivity index (χ0n) is 13.9. The molecule has 0 radical (unpaired) electrons. The Morgan fingerprint density at radius 2 is 1.76 bits per heavy atom. The van der Waals surface area contributed by atoms with E-state index in [-0.39, 0.29) is 5.92 Å². The van der Waals surface area contributed by atoms with Crippen LogP contribution in [0.3, 0.4) is 0 Å². The molecule has 4 nitrogen and oxygen atoms in total. The van der Waals surface area contributed by atoms with Gasteiger partial charge < -0.3 is 14.9 Å². The van der Waals surface area contributed by atoms with Crippen molar-refractivity contribution >= 4 is 11.7 Å². The van der Waals surface area contributed by atoms with Gasteiger partial charge in [-0.15, -0.1) is 0 Å². The van der Waals surface area contributed by atoms with Crippen LogP contribution in [0.2, 0.25) is 0 Å². The largest absolute Gasteiger partial charge is 0.481 e. The van der Waals surface area contributed by atoms with Crippen LogP contribution in [0, 0.1) is 19.8 Å². The van der Waals surface area contributed by atoms with Gasteiger partial charge in [0, 0.05) is 18.8 Å². The summed E-state index contributed by atoms with van der Waals surface area (Å²) in [6, 6.07) is 6.23. The van der Waals surface area contributed by atoms with Crippen molar-refractivity contribution in [2.24, 2.45) is 5.92 Å². The van der Waals surface area contributed by atoms with Gasteiger partial charge in [0.15, 0.2) is 0 Å². The maximum Gasteiger partial charge on any atom is 0.308 e. The number of hydrogen-bond acceptors (Lipinski definition) is 3. The second-order valence-corrected chi connectivity index (χ2v) is 6.08. The van der Waals surface area contributed by atoms with E-state index in [9.17, 15) is 9.90 Å². The highest BCUT2D eigenvalue weighted by Gasteiger charge is 2.19. The number of para-hydroxylation sites is 1. The third-order valence-electron chi connectivity index (χ3n) is 3.70. The van der Waals surface area contributed by atoms with Crippen molar-refractivity contribution < 1.29 is 9.90 Å². The molecule has 1 rings (SSSR count). The normalized spacial score (nSPS) is 12.5. The van der Waals surface area contributed by atoms with Crippen LogP contribution in [-0.4, -0.2) is 49.7 Å². The van der Waals surface area contributed by atoms with Gasteiger partial charge in [0.1, 0.15) is 0 Å². The van der Waals surface area contributed by atoms with Crippen molar-refractivity contribution in [2.75, 3.05) is 38.6 Å². The van der Waals surface area contributed by atoms with Crippen molar-refractivity contribution in [2.45, 2.75) is 27.2 Å². The molecule has 21 heavy (non-hydrogen) atoms. The summed E-state index contributed by atoms with van der Waals surface area (Å²) in [6.07, 6.45) is 1.02. The zero-order valence-corrected chi connectivity index (χ0v) is 13.9. The highest BCUT2D eigenvalue weighted by molar-refractivity contribution is 5.71. The van der Waals surface area contributed by atoms with E-state index in [0.717, 1.165) is 19.5 Å². The van der Waals surface area contributed by atoms with E-state index in [1.807, 2.05) is 6.07 Å². The van der Waals surface area contributed by atoms with Crippen molar-refractivity contribution in [1.82, 2.24) is 4.90 Å². The molecular formula is C17H28N2O2. The van der Waals surface area contributed by atoms with E-state index in [0.29, 0.717) is 6.54 Å². The number of carboxylic acids is 1. The van der Waals surface area contributed by atoms with Gasteiger partial charge in [-0.05, 0) is 52.0 Å². The molecule has 0 amide bonds. The number of hydrogen-bond donors (Lipinski definition) is 1. The minimum absolute atomic E-state index is 0.372. The van der Waals surface area contributed by atoms with E-state index < -0.39 is 5.97 Å². The van der Waals surface area contributed by atoms with Gasteiger partial charge in [-0.3, -0.25) is 4.79 Å². The van der Waals surface area contributed by atoms with Gasteiger partial charge in [-0.1, -0.05) is 25.1 Å². The molecule has 4 heteroatoms. The average molecular weight is 292 g/mol. The van der Waals surface area contributed by atoms with Crippen LogP contribution < -0.4 is 4.90 Å². The molecule has 0 saturated carbocycles. The van der Waals surface area contributed by atoms with E-state index in [1.54, 1.807) is 6.92 Å². The Morgan fingerprint density at radius 1 is 1.19 bits per heavy atom. The standard InChI is InChI=1S/C17H28N2O2/c1-13-8-6-9-14(2)16(13)19(11-7-10-18(4)5)12-15(3)17(20)21/h6,8-9,15H,7,10-12H2,1-5H3,(H,20,21). The highest BCUT2D eigenvalue weighted by atomic mass is 16.4. The van der Waals surface area contributed by atoms with E-state index in [1.165, 1.54) is 16.8 Å². The minimum Gasteiger partial charge on any atom is -0.481 e. The summed E-state index contributed by atoms with van der Waals surface area (Å²) in [5, 5.41) is 9.20. The first kappa shape index (κ1) is 17.5. The van der Waals surface area contributed by atoms with Crippen molar-refractivity contribution in [3.05, 3.63) is 29.3 Å². The topological polar surface area (TPSA) is 43.8 Å². The number of carboxylic acid groups (broad SMARTS) is 1. The predicted octanol–water partition coefficient (Wildman–Crippen LogP) is 2.78. The van der Waals surface area contributed by atoms with Gasteiger partial charge >= 0.3 is 5.97 Å². The van der Waals surface area contributed by atoms with Crippen LogP contribution in [0.25, 0.3) is 0 Å². The molecule has 0 aliphatic rings. The molecule has 0 aliphatic carbocycles. The molecule has 1 aromatic rings. The van der Waals surface area contributed by atoms with Crippen LogP contribution in [0.5, 0.6) is 0 Å². The second kappa shape index (κ2) is 8.03. The number of rotatable bonds is 8. The van der Waals surface area contributed by atoms with E-state index >= 15 is 0 Å². The lowest BCUT2D eigenvalue weighted by atomic mass is 10.1. The molecule has 1 aromatic carbocycles. The number of aryl methyl sites for hydroxylation is 2. The Hall–Kier alpha value is -1.55. The molecule has 0 heterocycles. The smallest absolute Gasteiger partial charge is 0.308 e. The maximum absolute atomic E-state index is 11.2. The van der Waals surface area contributed by atoms with Crippen LogP contribution in [-0.2, 0) is 4.79 Å². The van der Waals surface area contributed by atoms with E-state index in [4.69, 9.17) is 0 Å². The Kier molecular flexibility index (Phi) is 6.69. The predicted molar refractivity (Wildman–Crippen MR) is 88.1 cm³/mol. The summed E-state index contributed by atoms with van der Waals surface area (Å²) in [5.74, 6) is -1.11. The van der Waals surface area contributed by atoms with Gasteiger partial charge in [0.25, 0.3) is 0 Å². The van der Waals surface area contributed by atoms with Gasteiger partial charge in [0.2, 0.25) is 0 Å². The summed E-state index contributed by atoms with van der Waals surface area (Å²) in [5.41, 5.74) is 3.60. The summed E-state index contributed by atoms with van der Waals surface area (Å²) >= 11 is 0. The number of carbonyl (C=O) groups is 1. The maximum atomic E-state index is 11.2. The molecule has 118 valence electrons. The van der Waals surface area contributed by atoms with Crippen molar-refractivity contribution in [3.63, 3.8) is 0 Å². The first-order valence-corrected chi connectivity index (χ1v) is 7.51. The van der Waals surface area contributed by atoms with Crippen molar-refractivity contribution in [1.29, 1.82) is 0 Å². The van der Waals surface area contributed by atoms with Crippen LogP contribution in [0.1, 0.15) is 24.5 Å². The van der Waals surface area contributed by atoms with Crippen LogP contribution in [0.4, 0.5) is 5.69 Å². The lowest BCUT2D eigenvalue weighted by Crippen LogP contribution is -2.34. The fourth-order valence-corrected chi connectivity index (χ4v) is 2.59. The van der Waals surface area contributed by atoms with Crippen LogP contribution >= 0.6 is 0 Å². The third-order valence-corrected chi connectivity index (χ3v) is 3.70. The summed E-state index contributed by atoms with van der Waals surface area (Å²) < 4.78 is 0. The Morgan fingerprint density at radius 3 is 2.24 bits per heavy atom. The summed E-state index contributed by atoms with van der Waals surface area (Å²) in [6.45, 7) is 8.38. The Bertz CT molecular complexity index is 452. The second-order valence-electron chi connectivity index (χ2n) is 6.08. The molecule has 1 unspecified atom stereocenters. The number of benzene rings is 1. The molecule has 0 fully saturated rings. The molecular weight excluding hydrogens is 264 g/mol. The number of anilines is 1. The van der Waals surface area contributed by atoms with Crippen LogP contribution in [0.15, 0.2) is 18.2 Å². The molecule has 0 bridgehead atoms. The fraction of sp³-hybridized carbons (Fsp3) is 0.588. The zero-order chi connectivity index (χ0) is 16.0. The molecule has 0 aliphatic heterocycles. The monoisotopic (exact) mass is 292 g/mol. The van der Waals surface area contributed by atoms with Gasteiger partial charge in [-0.2, -0.15) is 0 Å². The summed E-state index contributed by atoms with van der Waals surface area (Å²) in [4.78, 5) is 15.6. The lowest BCUT2D eigenvalue weighted by molar-refractivity contribution is -0.140. The SMILES string of the molecule is Cc1cccc(C)c1N(CCCN(C)C)CC(C)C(=O)O. The highest BCUT2D eigenvalue weighted by Crippen LogP contribution is 2.25. The minimum atomic E-state index is -0.737. The molecule has 0 saturated heterocycles. The Labute approximate surface area is 128 Å². The molecule has 0 spiro atoms. The van der Waals surface area contributed by atoms with E-state index in [2.05, 4.69) is 49.9 Å². The lowest BCUT2D eigenvalue weighted by Gasteiger charge is -2.30. The van der Waals surface area contributed by atoms with Gasteiger partial charge in [0.05, 0.1) is 5.92 Å².